The van der Waals surface area contributed by atoms with Crippen LogP contribution in [0, 0.1) is 0 Å². The van der Waals surface area contributed by atoms with E-state index in [0.717, 1.165) is 0 Å². The Morgan fingerprint density at radius 1 is 1.31 bits per heavy atom. The van der Waals surface area contributed by atoms with Crippen LogP contribution in [0.1, 0.15) is 31.9 Å². The van der Waals surface area contributed by atoms with Gasteiger partial charge in [0.05, 0.1) is 0 Å². The van der Waals surface area contributed by atoms with Crippen molar-refractivity contribution >= 4 is 5.97 Å². The lowest BCUT2D eigenvalue weighted by Gasteiger charge is -2.15. The molecule has 0 spiro atoms. The molecule has 1 aromatic rings. The third-order valence-electron chi connectivity index (χ3n) is 2.20. The molecule has 0 aromatic heterocycles. The lowest BCUT2D eigenvalue weighted by Crippen LogP contribution is -2.07. The summed E-state index contributed by atoms with van der Waals surface area (Å²) >= 11 is 0. The normalized spacial score (nSPS) is 12.1. The summed E-state index contributed by atoms with van der Waals surface area (Å²) in [7, 11) is 0. The van der Waals surface area contributed by atoms with Crippen LogP contribution in [0.4, 0.5) is 0 Å². The summed E-state index contributed by atoms with van der Waals surface area (Å²) in [5.41, 5.74) is 0.247. The number of hydrogen-bond acceptors (Lipinski definition) is 5. The Kier molecular flexibility index (Phi) is 3.60. The molecule has 0 saturated carbocycles. The zero-order valence-electron chi connectivity index (χ0n) is 9.10. The minimum atomic E-state index is -0.682. The Hall–Kier alpha value is -1.91. The number of aromatic hydroxyl groups is 3. The largest absolute Gasteiger partial charge is 0.504 e. The number of rotatable bonds is 3. The average Bonchev–Trinajstić information content (AvgIpc) is 2.25. The SMILES string of the molecule is CCC(=O)OC(C)c1ccc(O)c(O)c1O. The zero-order chi connectivity index (χ0) is 12.3. The molecule has 0 heterocycles. The maximum absolute atomic E-state index is 11.0. The van der Waals surface area contributed by atoms with E-state index in [1.54, 1.807) is 13.8 Å². The summed E-state index contributed by atoms with van der Waals surface area (Å²) in [6, 6.07) is 2.61. The van der Waals surface area contributed by atoms with Crippen LogP contribution in [-0.4, -0.2) is 21.3 Å². The highest BCUT2D eigenvalue weighted by atomic mass is 16.5. The van der Waals surface area contributed by atoms with Gasteiger partial charge in [0.1, 0.15) is 6.10 Å². The highest BCUT2D eigenvalue weighted by Crippen LogP contribution is 2.40. The van der Waals surface area contributed by atoms with Crippen LogP contribution in [0.15, 0.2) is 12.1 Å². The van der Waals surface area contributed by atoms with Crippen LogP contribution < -0.4 is 0 Å². The van der Waals surface area contributed by atoms with E-state index in [4.69, 9.17) is 9.84 Å². The van der Waals surface area contributed by atoms with Gasteiger partial charge in [-0.15, -0.1) is 0 Å². The number of phenolic OH excluding ortho intramolecular Hbond substituents is 3. The molecule has 88 valence electrons. The second-order valence-corrected chi connectivity index (χ2v) is 3.36. The lowest BCUT2D eigenvalue weighted by molar-refractivity contribution is -0.148. The van der Waals surface area contributed by atoms with Crippen molar-refractivity contribution in [1.82, 2.24) is 0 Å². The topological polar surface area (TPSA) is 87.0 Å². The first-order valence-corrected chi connectivity index (χ1v) is 4.90. The van der Waals surface area contributed by atoms with Gasteiger partial charge in [0.15, 0.2) is 11.5 Å². The molecule has 0 bridgehead atoms. The van der Waals surface area contributed by atoms with Crippen molar-refractivity contribution in [3.05, 3.63) is 17.7 Å². The molecule has 5 nitrogen and oxygen atoms in total. The van der Waals surface area contributed by atoms with E-state index in [2.05, 4.69) is 0 Å². The van der Waals surface area contributed by atoms with Gasteiger partial charge in [0.2, 0.25) is 5.75 Å². The standard InChI is InChI=1S/C11H14O5/c1-3-9(13)16-6(2)7-4-5-8(12)11(15)10(7)14/h4-6,12,14-15H,3H2,1-2H3. The molecule has 3 N–H and O–H groups in total. The number of carbonyl (C=O) groups excluding carboxylic acids is 1. The molecule has 0 amide bonds. The molecule has 1 rings (SSSR count). The van der Waals surface area contributed by atoms with E-state index in [1.165, 1.54) is 12.1 Å². The van der Waals surface area contributed by atoms with E-state index in [1.807, 2.05) is 0 Å². The van der Waals surface area contributed by atoms with Gasteiger partial charge in [-0.25, -0.2) is 0 Å². The van der Waals surface area contributed by atoms with Crippen LogP contribution in [0.3, 0.4) is 0 Å². The second kappa shape index (κ2) is 4.74. The van der Waals surface area contributed by atoms with E-state index in [0.29, 0.717) is 0 Å². The number of esters is 1. The molecule has 1 aromatic carbocycles. The summed E-state index contributed by atoms with van der Waals surface area (Å²) < 4.78 is 4.97. The number of ether oxygens (including phenoxy) is 1. The molecular weight excluding hydrogens is 212 g/mol. The van der Waals surface area contributed by atoms with E-state index in [9.17, 15) is 15.0 Å². The Balaban J connectivity index is 2.96. The van der Waals surface area contributed by atoms with Crippen LogP contribution in [0.5, 0.6) is 17.2 Å². The fraction of sp³-hybridized carbons (Fsp3) is 0.364. The van der Waals surface area contributed by atoms with Crippen LogP contribution in [0.2, 0.25) is 0 Å². The van der Waals surface area contributed by atoms with Crippen molar-refractivity contribution in [2.75, 3.05) is 0 Å². The smallest absolute Gasteiger partial charge is 0.306 e. The summed E-state index contributed by atoms with van der Waals surface area (Å²) in [6.07, 6.45) is -0.450. The fourth-order valence-electron chi connectivity index (χ4n) is 1.26. The highest BCUT2D eigenvalue weighted by molar-refractivity contribution is 5.69. The van der Waals surface area contributed by atoms with Gasteiger partial charge in [0, 0.05) is 12.0 Å². The first-order valence-electron chi connectivity index (χ1n) is 4.90. The quantitative estimate of drug-likeness (QED) is 0.540. The first kappa shape index (κ1) is 12.2. The lowest BCUT2D eigenvalue weighted by atomic mass is 10.1. The van der Waals surface area contributed by atoms with Crippen LogP contribution in [-0.2, 0) is 9.53 Å². The summed E-state index contributed by atoms with van der Waals surface area (Å²) in [5, 5.41) is 27.9. The van der Waals surface area contributed by atoms with Crippen LogP contribution in [0.25, 0.3) is 0 Å². The minimum Gasteiger partial charge on any atom is -0.504 e. The molecule has 5 heteroatoms. The van der Waals surface area contributed by atoms with Crippen molar-refractivity contribution < 1.29 is 24.9 Å². The third kappa shape index (κ3) is 2.36. The van der Waals surface area contributed by atoms with Gasteiger partial charge in [-0.05, 0) is 19.1 Å². The number of hydrogen-bond donors (Lipinski definition) is 3. The molecule has 0 aliphatic carbocycles. The molecule has 16 heavy (non-hydrogen) atoms. The average molecular weight is 226 g/mol. The van der Waals surface area contributed by atoms with Gasteiger partial charge in [-0.1, -0.05) is 6.92 Å². The summed E-state index contributed by atoms with van der Waals surface area (Å²) in [4.78, 5) is 11.0. The van der Waals surface area contributed by atoms with Gasteiger partial charge in [0.25, 0.3) is 0 Å². The predicted molar refractivity (Wildman–Crippen MR) is 56.2 cm³/mol. The summed E-state index contributed by atoms with van der Waals surface area (Å²) in [5.74, 6) is -1.91. The molecular formula is C11H14O5. The van der Waals surface area contributed by atoms with Crippen molar-refractivity contribution in [2.45, 2.75) is 26.4 Å². The van der Waals surface area contributed by atoms with Gasteiger partial charge in [-0.3, -0.25) is 4.79 Å². The maximum atomic E-state index is 11.0. The predicted octanol–water partition coefficient (Wildman–Crippen LogP) is 1.82. The number of benzene rings is 1. The van der Waals surface area contributed by atoms with E-state index in [-0.39, 0.29) is 12.0 Å². The van der Waals surface area contributed by atoms with Crippen molar-refractivity contribution in [2.24, 2.45) is 0 Å². The van der Waals surface area contributed by atoms with Gasteiger partial charge < -0.3 is 20.1 Å². The van der Waals surface area contributed by atoms with E-state index < -0.39 is 29.3 Å². The zero-order valence-corrected chi connectivity index (χ0v) is 9.10. The minimum absolute atomic E-state index is 0.231. The van der Waals surface area contributed by atoms with Crippen LogP contribution >= 0.6 is 0 Å². The molecule has 1 atom stereocenters. The molecule has 0 aliphatic heterocycles. The molecule has 0 radical (unpaired) electrons. The van der Waals surface area contributed by atoms with Crippen molar-refractivity contribution in [3.63, 3.8) is 0 Å². The molecule has 0 aliphatic rings. The summed E-state index contributed by atoms with van der Waals surface area (Å²) in [6.45, 7) is 3.22. The molecule has 1 unspecified atom stereocenters. The monoisotopic (exact) mass is 226 g/mol. The molecule has 0 fully saturated rings. The maximum Gasteiger partial charge on any atom is 0.306 e. The number of carbonyl (C=O) groups is 1. The fourth-order valence-corrected chi connectivity index (χ4v) is 1.26. The van der Waals surface area contributed by atoms with Gasteiger partial charge in [-0.2, -0.15) is 0 Å². The third-order valence-corrected chi connectivity index (χ3v) is 2.20. The Bertz CT molecular complexity index is 400. The Labute approximate surface area is 92.9 Å². The van der Waals surface area contributed by atoms with Crippen molar-refractivity contribution in [1.29, 1.82) is 0 Å². The Morgan fingerprint density at radius 2 is 1.94 bits per heavy atom. The Morgan fingerprint density at radius 3 is 2.50 bits per heavy atom. The number of phenols is 3. The van der Waals surface area contributed by atoms with Crippen molar-refractivity contribution in [3.8, 4) is 17.2 Å². The second-order valence-electron chi connectivity index (χ2n) is 3.36. The van der Waals surface area contributed by atoms with E-state index >= 15 is 0 Å². The first-order chi connectivity index (χ1) is 7.47. The highest BCUT2D eigenvalue weighted by Gasteiger charge is 2.18. The molecule has 0 saturated heterocycles. The van der Waals surface area contributed by atoms with Gasteiger partial charge >= 0.3 is 5.97 Å².